The summed E-state index contributed by atoms with van der Waals surface area (Å²) in [7, 11) is -2.33. The van der Waals surface area contributed by atoms with Crippen LogP contribution in [0.3, 0.4) is 0 Å². The number of hydrogen-bond acceptors (Lipinski definition) is 8. The maximum atomic E-state index is 12.5. The highest BCUT2D eigenvalue weighted by Crippen LogP contribution is 2.28. The van der Waals surface area contributed by atoms with Crippen molar-refractivity contribution in [3.63, 3.8) is 0 Å². The van der Waals surface area contributed by atoms with E-state index in [1.54, 1.807) is 18.2 Å². The zero-order chi connectivity index (χ0) is 21.7. The fraction of sp³-hybridized carbons (Fsp3) is 0.316. The molecule has 30 heavy (non-hydrogen) atoms. The highest BCUT2D eigenvalue weighted by molar-refractivity contribution is 7.90. The Balaban J connectivity index is 1.76. The molecule has 0 aromatic heterocycles. The van der Waals surface area contributed by atoms with Gasteiger partial charge in [-0.05, 0) is 31.3 Å². The van der Waals surface area contributed by atoms with Gasteiger partial charge in [-0.15, -0.1) is 0 Å². The van der Waals surface area contributed by atoms with Gasteiger partial charge in [0.2, 0.25) is 0 Å². The second-order valence-corrected chi connectivity index (χ2v) is 8.56. The van der Waals surface area contributed by atoms with Crippen LogP contribution in [0, 0.1) is 10.1 Å². The molecule has 1 saturated heterocycles. The summed E-state index contributed by atoms with van der Waals surface area (Å²) >= 11 is 0. The number of hydrogen-bond donors (Lipinski definition) is 2. The summed E-state index contributed by atoms with van der Waals surface area (Å²) < 4.78 is 32.6. The maximum Gasteiger partial charge on any atom is 0.293 e. The fourth-order valence-corrected chi connectivity index (χ4v) is 4.02. The molecular weight excluding hydrogens is 412 g/mol. The minimum Gasteiger partial charge on any atom is -0.377 e. The Morgan fingerprint density at radius 3 is 2.67 bits per heavy atom. The molecule has 1 aliphatic rings. The third-order valence-electron chi connectivity index (χ3n) is 4.60. The molecule has 0 radical (unpaired) electrons. The topological polar surface area (TPSA) is 131 Å². The van der Waals surface area contributed by atoms with Crippen LogP contribution in [0.1, 0.15) is 10.4 Å². The van der Waals surface area contributed by atoms with Crippen LogP contribution in [0.15, 0.2) is 53.4 Å². The molecule has 0 saturated carbocycles. The van der Waals surface area contributed by atoms with Gasteiger partial charge >= 0.3 is 0 Å². The van der Waals surface area contributed by atoms with Crippen LogP contribution in [-0.4, -0.2) is 63.5 Å². The number of benzene rings is 2. The monoisotopic (exact) mass is 434 g/mol. The number of carbonyl (C=O) groups is 1. The van der Waals surface area contributed by atoms with E-state index < -0.39 is 26.5 Å². The summed E-state index contributed by atoms with van der Waals surface area (Å²) in [6, 6.07) is 11.3. The summed E-state index contributed by atoms with van der Waals surface area (Å²) in [5.74, 6) is -0.820. The predicted octanol–water partition coefficient (Wildman–Crippen LogP) is 1.46. The third kappa shape index (κ3) is 5.32. The van der Waals surface area contributed by atoms with Gasteiger partial charge in [-0.25, -0.2) is 13.1 Å². The van der Waals surface area contributed by atoms with Gasteiger partial charge in [0.15, 0.2) is 0 Å². The molecule has 1 atom stereocenters. The van der Waals surface area contributed by atoms with Crippen molar-refractivity contribution in [2.45, 2.75) is 11.0 Å². The van der Waals surface area contributed by atoms with Crippen LogP contribution >= 0.6 is 0 Å². The highest BCUT2D eigenvalue weighted by Gasteiger charge is 2.25. The van der Waals surface area contributed by atoms with Crippen LogP contribution in [-0.2, 0) is 14.8 Å². The number of sulfonamides is 1. The molecule has 1 unspecified atom stereocenters. The van der Waals surface area contributed by atoms with E-state index in [0.717, 1.165) is 12.6 Å². The first-order valence-electron chi connectivity index (χ1n) is 9.21. The average Bonchev–Trinajstić information content (AvgIpc) is 2.72. The van der Waals surface area contributed by atoms with Gasteiger partial charge in [0.25, 0.3) is 21.6 Å². The first-order valence-corrected chi connectivity index (χ1v) is 10.7. The molecule has 2 aromatic carbocycles. The van der Waals surface area contributed by atoms with Crippen molar-refractivity contribution in [3.8, 4) is 0 Å². The zero-order valence-corrected chi connectivity index (χ0v) is 17.1. The van der Waals surface area contributed by atoms with Crippen LogP contribution in [0.25, 0.3) is 0 Å². The Kier molecular flexibility index (Phi) is 6.65. The normalized spacial score (nSPS) is 17.3. The van der Waals surface area contributed by atoms with Crippen molar-refractivity contribution in [2.75, 3.05) is 38.6 Å². The number of anilines is 1. The predicted molar refractivity (Wildman–Crippen MR) is 110 cm³/mol. The van der Waals surface area contributed by atoms with Crippen molar-refractivity contribution in [1.82, 2.24) is 9.62 Å². The minimum atomic E-state index is -4.29. The quantitative estimate of drug-likeness (QED) is 0.495. The number of nitrogens with one attached hydrogen (secondary N) is 2. The second-order valence-electron chi connectivity index (χ2n) is 6.87. The van der Waals surface area contributed by atoms with Gasteiger partial charge < -0.3 is 15.0 Å². The molecule has 2 N–H and O–H groups in total. The van der Waals surface area contributed by atoms with Gasteiger partial charge in [-0.2, -0.15) is 0 Å². The molecule has 1 fully saturated rings. The Morgan fingerprint density at radius 2 is 2.00 bits per heavy atom. The first kappa shape index (κ1) is 21.7. The van der Waals surface area contributed by atoms with Crippen LogP contribution in [0.4, 0.5) is 11.4 Å². The van der Waals surface area contributed by atoms with Gasteiger partial charge in [0.05, 0.1) is 22.5 Å². The van der Waals surface area contributed by atoms with Crippen molar-refractivity contribution in [1.29, 1.82) is 0 Å². The number of carbonyl (C=O) groups excluding carboxylic acids is 1. The molecule has 1 heterocycles. The number of nitro benzene ring substituents is 1. The molecule has 3 rings (SSSR count). The standard InChI is InChI=1S/C19H22N4O6S/c1-22-9-10-29-15(13-22)12-20-17-8-7-16(11-18(17)23(25)26)30(27,28)21-19(24)14-5-3-2-4-6-14/h2-8,11,15,20H,9-10,12-13H2,1H3,(H,21,24). The maximum absolute atomic E-state index is 12.5. The molecule has 0 bridgehead atoms. The van der Waals surface area contributed by atoms with Gasteiger partial charge in [0.1, 0.15) is 5.69 Å². The van der Waals surface area contributed by atoms with E-state index in [4.69, 9.17) is 4.74 Å². The molecule has 10 nitrogen and oxygen atoms in total. The van der Waals surface area contributed by atoms with E-state index in [1.807, 2.05) is 11.8 Å². The number of nitrogens with zero attached hydrogens (tertiary/aromatic N) is 2. The lowest BCUT2D eigenvalue weighted by molar-refractivity contribution is -0.384. The molecule has 1 amide bonds. The molecule has 0 spiro atoms. The molecular formula is C19H22N4O6S. The number of morpholine rings is 1. The SMILES string of the molecule is CN1CCOC(CNc2ccc(S(=O)(=O)NC(=O)c3ccccc3)cc2[N+](=O)[O-])C1. The van der Waals surface area contributed by atoms with Crippen molar-refractivity contribution < 1.29 is 22.9 Å². The average molecular weight is 434 g/mol. The van der Waals surface area contributed by atoms with E-state index in [-0.39, 0.29) is 22.3 Å². The van der Waals surface area contributed by atoms with E-state index in [2.05, 4.69) is 10.2 Å². The fourth-order valence-electron chi connectivity index (χ4n) is 3.02. The lowest BCUT2D eigenvalue weighted by Gasteiger charge is -2.30. The summed E-state index contributed by atoms with van der Waals surface area (Å²) in [5.41, 5.74) is -0.0781. The van der Waals surface area contributed by atoms with Gasteiger partial charge in [-0.1, -0.05) is 18.2 Å². The van der Waals surface area contributed by atoms with Crippen molar-refractivity contribution in [2.24, 2.45) is 0 Å². The molecule has 0 aliphatic carbocycles. The highest BCUT2D eigenvalue weighted by atomic mass is 32.2. The molecule has 1 aliphatic heterocycles. The van der Waals surface area contributed by atoms with Gasteiger partial charge in [-0.3, -0.25) is 14.9 Å². The summed E-state index contributed by atoms with van der Waals surface area (Å²) in [6.45, 7) is 2.40. The van der Waals surface area contributed by atoms with Crippen molar-refractivity contribution >= 4 is 27.3 Å². The Morgan fingerprint density at radius 1 is 1.27 bits per heavy atom. The summed E-state index contributed by atoms with van der Waals surface area (Å²) in [6.07, 6.45) is -0.142. The minimum absolute atomic E-state index is 0.142. The number of likely N-dealkylation sites (N-methyl/N-ethyl adjacent to an activating group) is 1. The second kappa shape index (κ2) is 9.20. The van der Waals surface area contributed by atoms with Crippen LogP contribution in [0.5, 0.6) is 0 Å². The van der Waals surface area contributed by atoms with Gasteiger partial charge in [0, 0.05) is 31.3 Å². The van der Waals surface area contributed by atoms with Crippen molar-refractivity contribution in [3.05, 3.63) is 64.2 Å². The lowest BCUT2D eigenvalue weighted by Crippen LogP contribution is -2.43. The van der Waals surface area contributed by atoms with Crippen LogP contribution < -0.4 is 10.0 Å². The molecule has 2 aromatic rings. The number of ether oxygens (including phenoxy) is 1. The Labute approximate surface area is 174 Å². The lowest BCUT2D eigenvalue weighted by atomic mass is 10.2. The van der Waals surface area contributed by atoms with E-state index in [9.17, 15) is 23.3 Å². The number of amides is 1. The Bertz CT molecular complexity index is 1030. The van der Waals surface area contributed by atoms with E-state index in [0.29, 0.717) is 19.7 Å². The molecule has 160 valence electrons. The molecule has 11 heteroatoms. The van der Waals surface area contributed by atoms with E-state index in [1.165, 1.54) is 24.3 Å². The number of nitro groups is 1. The Hall–Kier alpha value is -3.02. The number of rotatable bonds is 7. The smallest absolute Gasteiger partial charge is 0.293 e. The third-order valence-corrected chi connectivity index (χ3v) is 5.93. The van der Waals surface area contributed by atoms with Crippen LogP contribution in [0.2, 0.25) is 0 Å². The first-order chi connectivity index (χ1) is 14.3. The summed E-state index contributed by atoms with van der Waals surface area (Å²) in [4.78, 5) is 24.7. The zero-order valence-electron chi connectivity index (χ0n) is 16.3. The summed E-state index contributed by atoms with van der Waals surface area (Å²) in [5, 5.41) is 14.4. The van der Waals surface area contributed by atoms with E-state index >= 15 is 0 Å². The largest absolute Gasteiger partial charge is 0.377 e.